The van der Waals surface area contributed by atoms with Crippen molar-refractivity contribution in [1.29, 1.82) is 0 Å². The minimum absolute atomic E-state index is 0.0289. The van der Waals surface area contributed by atoms with E-state index in [1.807, 2.05) is 12.1 Å². The molecule has 0 N–H and O–H groups in total. The fourth-order valence-corrected chi connectivity index (χ4v) is 3.73. The lowest BCUT2D eigenvalue weighted by molar-refractivity contribution is -0.143. The molecule has 1 aromatic carbocycles. The van der Waals surface area contributed by atoms with E-state index in [0.29, 0.717) is 30.2 Å². The Bertz CT molecular complexity index is 812. The summed E-state index contributed by atoms with van der Waals surface area (Å²) in [5, 5.41) is 0. The Morgan fingerprint density at radius 2 is 1.90 bits per heavy atom. The first-order valence-electron chi connectivity index (χ1n) is 10.3. The van der Waals surface area contributed by atoms with Gasteiger partial charge in [0, 0.05) is 17.7 Å². The number of hydrogen-bond acceptors (Lipinski definition) is 4. The molecule has 1 fully saturated rings. The van der Waals surface area contributed by atoms with Crippen molar-refractivity contribution in [2.24, 2.45) is 5.92 Å². The highest BCUT2D eigenvalue weighted by atomic mass is 19.1. The highest BCUT2D eigenvalue weighted by molar-refractivity contribution is 5.69. The summed E-state index contributed by atoms with van der Waals surface area (Å²) in [7, 11) is 0. The van der Waals surface area contributed by atoms with Gasteiger partial charge in [0.1, 0.15) is 0 Å². The number of esters is 1. The van der Waals surface area contributed by atoms with E-state index in [9.17, 15) is 13.6 Å². The number of nitrogens with zero attached hydrogens (tertiary/aromatic N) is 1. The summed E-state index contributed by atoms with van der Waals surface area (Å²) >= 11 is 0. The molecule has 0 bridgehead atoms. The lowest BCUT2D eigenvalue weighted by Crippen LogP contribution is -2.08. The zero-order chi connectivity index (χ0) is 20.6. The number of pyridine rings is 1. The molecule has 3 rings (SSSR count). The zero-order valence-electron chi connectivity index (χ0n) is 16.8. The van der Waals surface area contributed by atoms with Crippen LogP contribution in [0.15, 0.2) is 30.3 Å². The van der Waals surface area contributed by atoms with Crippen LogP contribution in [0.5, 0.6) is 5.75 Å². The third-order valence-electron chi connectivity index (χ3n) is 5.15. The number of ether oxygens (including phenoxy) is 2. The standard InChI is InChI=1S/C23H27F2NO3/c1-2-28-22(27)11-6-12-29-23-19(24)14-17(15-20(23)25)21-10-5-9-18(26-21)13-16-7-3-4-8-16/h5,9-10,14-16H,2-4,6-8,11-13H2,1H3. The lowest BCUT2D eigenvalue weighted by Gasteiger charge is -2.12. The van der Waals surface area contributed by atoms with Gasteiger partial charge in [-0.25, -0.2) is 8.78 Å². The Balaban J connectivity index is 1.64. The van der Waals surface area contributed by atoms with Crippen LogP contribution in [0.3, 0.4) is 0 Å². The molecule has 0 unspecified atom stereocenters. The van der Waals surface area contributed by atoms with Gasteiger partial charge in [-0.3, -0.25) is 9.78 Å². The number of halogens is 2. The quantitative estimate of drug-likeness (QED) is 0.411. The Hall–Kier alpha value is -2.50. The van der Waals surface area contributed by atoms with Crippen molar-refractivity contribution in [2.45, 2.75) is 51.9 Å². The highest BCUT2D eigenvalue weighted by Crippen LogP contribution is 2.30. The maximum atomic E-state index is 14.4. The molecule has 6 heteroatoms. The van der Waals surface area contributed by atoms with Gasteiger partial charge in [0.2, 0.25) is 0 Å². The molecule has 0 saturated heterocycles. The maximum absolute atomic E-state index is 14.4. The molecule has 2 aromatic rings. The van der Waals surface area contributed by atoms with E-state index >= 15 is 0 Å². The van der Waals surface area contributed by atoms with Gasteiger partial charge < -0.3 is 9.47 Å². The second-order valence-electron chi connectivity index (χ2n) is 7.39. The predicted octanol–water partition coefficient (Wildman–Crippen LogP) is 5.48. The summed E-state index contributed by atoms with van der Waals surface area (Å²) in [6.07, 6.45) is 6.34. The number of benzene rings is 1. The third kappa shape index (κ3) is 5.99. The Kier molecular flexibility index (Phi) is 7.55. The van der Waals surface area contributed by atoms with Gasteiger partial charge in [0.15, 0.2) is 17.4 Å². The van der Waals surface area contributed by atoms with Gasteiger partial charge in [-0.15, -0.1) is 0 Å². The highest BCUT2D eigenvalue weighted by Gasteiger charge is 2.18. The molecule has 4 nitrogen and oxygen atoms in total. The Morgan fingerprint density at radius 3 is 2.59 bits per heavy atom. The molecule has 0 atom stereocenters. The van der Waals surface area contributed by atoms with Crippen LogP contribution in [-0.2, 0) is 16.0 Å². The minimum atomic E-state index is -0.779. The molecule has 0 aliphatic heterocycles. The first kappa shape index (κ1) is 21.2. The van der Waals surface area contributed by atoms with Crippen LogP contribution in [0.1, 0.15) is 51.1 Å². The Labute approximate surface area is 170 Å². The van der Waals surface area contributed by atoms with E-state index in [4.69, 9.17) is 9.47 Å². The molecule has 1 aromatic heterocycles. The van der Waals surface area contributed by atoms with Crippen LogP contribution < -0.4 is 4.74 Å². The van der Waals surface area contributed by atoms with Crippen molar-refractivity contribution in [1.82, 2.24) is 4.98 Å². The summed E-state index contributed by atoms with van der Waals surface area (Å²) in [5.41, 5.74) is 1.88. The molecule has 156 valence electrons. The third-order valence-corrected chi connectivity index (χ3v) is 5.15. The summed E-state index contributed by atoms with van der Waals surface area (Å²) in [6.45, 7) is 2.06. The van der Waals surface area contributed by atoms with Gasteiger partial charge in [-0.05, 0) is 49.9 Å². The molecule has 1 saturated carbocycles. The van der Waals surface area contributed by atoms with Gasteiger partial charge in [-0.2, -0.15) is 0 Å². The molecule has 0 radical (unpaired) electrons. The molecule has 0 amide bonds. The van der Waals surface area contributed by atoms with Gasteiger partial charge in [-0.1, -0.05) is 31.7 Å². The molecular formula is C23H27F2NO3. The first-order chi connectivity index (χ1) is 14.1. The second-order valence-corrected chi connectivity index (χ2v) is 7.39. The van der Waals surface area contributed by atoms with E-state index in [-0.39, 0.29) is 19.0 Å². The van der Waals surface area contributed by atoms with Gasteiger partial charge in [0.25, 0.3) is 0 Å². The van der Waals surface area contributed by atoms with Crippen LogP contribution in [0, 0.1) is 17.6 Å². The monoisotopic (exact) mass is 403 g/mol. The van der Waals surface area contributed by atoms with Crippen LogP contribution >= 0.6 is 0 Å². The molecule has 1 aliphatic carbocycles. The average molecular weight is 403 g/mol. The van der Waals surface area contributed by atoms with Gasteiger partial charge in [0.05, 0.1) is 18.9 Å². The topological polar surface area (TPSA) is 48.4 Å². The van der Waals surface area contributed by atoms with Crippen molar-refractivity contribution in [2.75, 3.05) is 13.2 Å². The van der Waals surface area contributed by atoms with Crippen molar-refractivity contribution >= 4 is 5.97 Å². The first-order valence-corrected chi connectivity index (χ1v) is 10.3. The summed E-state index contributed by atoms with van der Waals surface area (Å²) in [6, 6.07) is 8.08. The van der Waals surface area contributed by atoms with Gasteiger partial charge >= 0.3 is 5.97 Å². The van der Waals surface area contributed by atoms with Crippen LogP contribution in [0.25, 0.3) is 11.3 Å². The number of rotatable bonds is 9. The van der Waals surface area contributed by atoms with Crippen molar-refractivity contribution in [3.8, 4) is 17.0 Å². The summed E-state index contributed by atoms with van der Waals surface area (Å²) in [5.74, 6) is -1.69. The smallest absolute Gasteiger partial charge is 0.305 e. The molecule has 0 spiro atoms. The normalized spacial score (nSPS) is 14.2. The Morgan fingerprint density at radius 1 is 1.17 bits per heavy atom. The second kappa shape index (κ2) is 10.3. The summed E-state index contributed by atoms with van der Waals surface area (Å²) in [4.78, 5) is 15.9. The number of aromatic nitrogens is 1. The van der Waals surface area contributed by atoms with Crippen molar-refractivity contribution in [3.05, 3.63) is 47.7 Å². The van der Waals surface area contributed by atoms with Crippen molar-refractivity contribution in [3.63, 3.8) is 0 Å². The van der Waals surface area contributed by atoms with Crippen molar-refractivity contribution < 1.29 is 23.0 Å². The number of carbonyl (C=O) groups excluding carboxylic acids is 1. The maximum Gasteiger partial charge on any atom is 0.305 e. The van der Waals surface area contributed by atoms with Crippen LogP contribution in [0.4, 0.5) is 8.78 Å². The fourth-order valence-electron chi connectivity index (χ4n) is 3.73. The fraction of sp³-hybridized carbons (Fsp3) is 0.478. The summed E-state index contributed by atoms with van der Waals surface area (Å²) < 4.78 is 38.9. The van der Waals surface area contributed by atoms with E-state index in [0.717, 1.165) is 12.1 Å². The largest absolute Gasteiger partial charge is 0.488 e. The van der Waals surface area contributed by atoms with Crippen LogP contribution in [0.2, 0.25) is 0 Å². The molecule has 1 aliphatic rings. The average Bonchev–Trinajstić information content (AvgIpc) is 3.20. The molecule has 1 heterocycles. The number of carbonyl (C=O) groups is 1. The van der Waals surface area contributed by atoms with Crippen LogP contribution in [-0.4, -0.2) is 24.2 Å². The lowest BCUT2D eigenvalue weighted by atomic mass is 10.0. The molecular weight excluding hydrogens is 376 g/mol. The van der Waals surface area contributed by atoms with E-state index in [1.54, 1.807) is 13.0 Å². The van der Waals surface area contributed by atoms with E-state index < -0.39 is 17.4 Å². The predicted molar refractivity (Wildman–Crippen MR) is 107 cm³/mol. The number of hydrogen-bond donors (Lipinski definition) is 0. The van der Waals surface area contributed by atoms with E-state index in [2.05, 4.69) is 4.98 Å². The minimum Gasteiger partial charge on any atom is -0.488 e. The SMILES string of the molecule is CCOC(=O)CCCOc1c(F)cc(-c2cccc(CC3CCCC3)n2)cc1F. The zero-order valence-corrected chi connectivity index (χ0v) is 16.8. The van der Waals surface area contributed by atoms with E-state index in [1.165, 1.54) is 37.8 Å². The molecule has 29 heavy (non-hydrogen) atoms.